The van der Waals surface area contributed by atoms with Crippen molar-refractivity contribution in [1.82, 2.24) is 9.55 Å². The molecule has 0 unspecified atom stereocenters. The van der Waals surface area contributed by atoms with Crippen LogP contribution in [0.5, 0.6) is 0 Å². The fraction of sp³-hybridized carbons (Fsp3) is 0.0476. The molecule has 1 N–H and O–H groups in total. The molecule has 10 aromatic carbocycles. The van der Waals surface area contributed by atoms with E-state index in [0.717, 1.165) is 39.3 Å². The zero-order valence-corrected chi connectivity index (χ0v) is 36.8. The van der Waals surface area contributed by atoms with E-state index in [9.17, 15) is 0 Å². The van der Waals surface area contributed by atoms with Crippen molar-refractivity contribution in [1.29, 1.82) is 0 Å². The first-order chi connectivity index (χ1) is 32.5. The Balaban J connectivity index is 0.911. The zero-order chi connectivity index (χ0) is 43.9. The van der Waals surface area contributed by atoms with Crippen LogP contribution in [0.2, 0.25) is 0 Å². The number of hydrogen-bond donors (Lipinski definition) is 1. The van der Waals surface area contributed by atoms with Gasteiger partial charge in [-0.25, -0.2) is 0 Å². The quantitative estimate of drug-likeness (QED) is 0.170. The number of fused-ring (bicyclic) bond motifs is 9. The van der Waals surface area contributed by atoms with E-state index in [1.807, 2.05) is 0 Å². The maximum Gasteiger partial charge on any atom is 0.0547 e. The van der Waals surface area contributed by atoms with Gasteiger partial charge in [0.05, 0.1) is 22.1 Å². The minimum Gasteiger partial charge on any atom is -0.353 e. The number of aromatic amines is 1. The van der Waals surface area contributed by atoms with Crippen molar-refractivity contribution in [2.45, 2.75) is 19.3 Å². The van der Waals surface area contributed by atoms with E-state index in [0.29, 0.717) is 0 Å². The number of H-pyrrole nitrogens is 1. The lowest BCUT2D eigenvalue weighted by atomic mass is 9.82. The summed E-state index contributed by atoms with van der Waals surface area (Å²) in [5.41, 5.74) is 21.6. The van der Waals surface area contributed by atoms with Crippen LogP contribution >= 0.6 is 0 Å². The molecule has 3 nitrogen and oxygen atoms in total. The van der Waals surface area contributed by atoms with Gasteiger partial charge in [0.2, 0.25) is 0 Å². The molecule has 1 aliphatic carbocycles. The molecule has 13 rings (SSSR count). The van der Waals surface area contributed by atoms with Gasteiger partial charge in [-0.3, -0.25) is 0 Å². The third kappa shape index (κ3) is 5.90. The van der Waals surface area contributed by atoms with Gasteiger partial charge in [0.1, 0.15) is 0 Å². The molecule has 0 amide bonds. The van der Waals surface area contributed by atoms with Crippen LogP contribution in [0.3, 0.4) is 0 Å². The third-order valence-electron chi connectivity index (χ3n) is 14.2. The van der Waals surface area contributed by atoms with Gasteiger partial charge in [0.25, 0.3) is 0 Å². The van der Waals surface area contributed by atoms with Gasteiger partial charge in [-0.15, -0.1) is 0 Å². The third-order valence-corrected chi connectivity index (χ3v) is 14.2. The van der Waals surface area contributed by atoms with Crippen LogP contribution in [0.4, 0.5) is 17.1 Å². The van der Waals surface area contributed by atoms with Crippen molar-refractivity contribution in [3.63, 3.8) is 0 Å². The second-order valence-corrected chi connectivity index (χ2v) is 18.2. The van der Waals surface area contributed by atoms with Crippen molar-refractivity contribution in [2.75, 3.05) is 4.90 Å². The van der Waals surface area contributed by atoms with Gasteiger partial charge < -0.3 is 14.5 Å². The van der Waals surface area contributed by atoms with E-state index in [1.165, 1.54) is 82.6 Å². The first-order valence-corrected chi connectivity index (χ1v) is 22.9. The van der Waals surface area contributed by atoms with Crippen LogP contribution < -0.4 is 4.90 Å². The molecule has 66 heavy (non-hydrogen) atoms. The molecular formula is C63H45N3. The van der Waals surface area contributed by atoms with Crippen molar-refractivity contribution in [2.24, 2.45) is 0 Å². The van der Waals surface area contributed by atoms with Gasteiger partial charge in [-0.05, 0) is 105 Å². The normalized spacial score (nSPS) is 12.8. The highest BCUT2D eigenvalue weighted by Gasteiger charge is 2.35. The Morgan fingerprint density at radius 1 is 0.348 bits per heavy atom. The summed E-state index contributed by atoms with van der Waals surface area (Å²) in [5, 5.41) is 4.95. The number of rotatable bonds is 7. The molecule has 312 valence electrons. The Kier molecular flexibility index (Phi) is 8.56. The van der Waals surface area contributed by atoms with Crippen LogP contribution in [0.25, 0.3) is 93.8 Å². The standard InChI is InChI=1S/C63H45N3/c1-63(2)57-25-11-9-19-51(57)52-38-36-48(40-58(52)63)65(46-32-27-42(28-33-46)41-15-5-3-6-16-41)47-34-29-43(30-35-47)49-21-13-23-55-56-24-14-22-50(62(56)64-61(49)55)44-31-37-54-53-20-10-12-26-59(53)66(60(54)39-44)45-17-7-4-8-18-45/h3-40,64H,1-2H3. The molecule has 1 aliphatic rings. The summed E-state index contributed by atoms with van der Waals surface area (Å²) in [6.07, 6.45) is 0. The summed E-state index contributed by atoms with van der Waals surface area (Å²) >= 11 is 0. The summed E-state index contributed by atoms with van der Waals surface area (Å²) in [7, 11) is 0. The maximum absolute atomic E-state index is 3.96. The zero-order valence-electron chi connectivity index (χ0n) is 36.8. The molecule has 12 aromatic rings. The summed E-state index contributed by atoms with van der Waals surface area (Å²) in [6, 6.07) is 84.4. The van der Waals surface area contributed by atoms with Gasteiger partial charge in [0.15, 0.2) is 0 Å². The SMILES string of the molecule is CC1(C)c2ccccc2-c2ccc(N(c3ccc(-c4ccccc4)cc3)c3ccc(-c4cccc5c4[nH]c4c(-c6ccc7c8ccccc8n(-c8ccccc8)c7c6)cccc45)cc3)cc21. The first kappa shape index (κ1) is 38.1. The maximum atomic E-state index is 3.96. The number of nitrogens with one attached hydrogen (secondary N) is 1. The number of hydrogen-bond acceptors (Lipinski definition) is 1. The second kappa shape index (κ2) is 14.8. The van der Waals surface area contributed by atoms with E-state index in [4.69, 9.17) is 0 Å². The van der Waals surface area contributed by atoms with E-state index >= 15 is 0 Å². The van der Waals surface area contributed by atoms with E-state index < -0.39 is 0 Å². The minimum absolute atomic E-state index is 0.109. The lowest BCUT2D eigenvalue weighted by Crippen LogP contribution is -2.16. The molecule has 0 fully saturated rings. The van der Waals surface area contributed by atoms with Gasteiger partial charge in [-0.2, -0.15) is 0 Å². The van der Waals surface area contributed by atoms with Crippen LogP contribution in [-0.2, 0) is 5.41 Å². The Labute approximate surface area is 384 Å². The smallest absolute Gasteiger partial charge is 0.0547 e. The Morgan fingerprint density at radius 3 is 1.59 bits per heavy atom. The predicted molar refractivity (Wildman–Crippen MR) is 279 cm³/mol. The van der Waals surface area contributed by atoms with Gasteiger partial charge in [-0.1, -0.05) is 184 Å². The van der Waals surface area contributed by atoms with Crippen LogP contribution in [-0.4, -0.2) is 9.55 Å². The monoisotopic (exact) mass is 843 g/mol. The number of benzene rings is 10. The molecule has 0 aliphatic heterocycles. The second-order valence-electron chi connectivity index (χ2n) is 18.2. The minimum atomic E-state index is -0.109. The lowest BCUT2D eigenvalue weighted by molar-refractivity contribution is 0.660. The molecule has 0 bridgehead atoms. The summed E-state index contributed by atoms with van der Waals surface area (Å²) in [4.78, 5) is 6.37. The average molecular weight is 844 g/mol. The predicted octanol–water partition coefficient (Wildman–Crippen LogP) is 17.2. The average Bonchev–Trinajstić information content (AvgIpc) is 4.00. The first-order valence-electron chi connectivity index (χ1n) is 22.9. The fourth-order valence-corrected chi connectivity index (χ4v) is 10.9. The van der Waals surface area contributed by atoms with Crippen LogP contribution in [0.1, 0.15) is 25.0 Å². The summed E-state index contributed by atoms with van der Waals surface area (Å²) < 4.78 is 2.40. The molecule has 0 saturated heterocycles. The molecule has 2 heterocycles. The number of nitrogens with zero attached hydrogens (tertiary/aromatic N) is 2. The van der Waals surface area contributed by atoms with Crippen molar-refractivity contribution in [3.8, 4) is 50.2 Å². The van der Waals surface area contributed by atoms with Gasteiger partial charge in [0, 0.05) is 60.8 Å². The van der Waals surface area contributed by atoms with E-state index in [-0.39, 0.29) is 5.41 Å². The van der Waals surface area contributed by atoms with Gasteiger partial charge >= 0.3 is 0 Å². The number of aromatic nitrogens is 2. The lowest BCUT2D eigenvalue weighted by Gasteiger charge is -2.28. The fourth-order valence-electron chi connectivity index (χ4n) is 10.9. The molecule has 0 radical (unpaired) electrons. The van der Waals surface area contributed by atoms with E-state index in [2.05, 4.69) is 259 Å². The Bertz CT molecular complexity index is 3820. The topological polar surface area (TPSA) is 24.0 Å². The molecule has 0 atom stereocenters. The summed E-state index contributed by atoms with van der Waals surface area (Å²) in [6.45, 7) is 4.71. The molecule has 3 heteroatoms. The number of para-hydroxylation sites is 4. The molecular weight excluding hydrogens is 799 g/mol. The van der Waals surface area contributed by atoms with Crippen LogP contribution in [0, 0.1) is 0 Å². The van der Waals surface area contributed by atoms with Crippen molar-refractivity contribution < 1.29 is 0 Å². The summed E-state index contributed by atoms with van der Waals surface area (Å²) in [5.74, 6) is 0. The Hall–Kier alpha value is -8.40. The number of anilines is 3. The highest BCUT2D eigenvalue weighted by atomic mass is 15.1. The highest BCUT2D eigenvalue weighted by molar-refractivity contribution is 6.16. The highest BCUT2D eigenvalue weighted by Crippen LogP contribution is 2.51. The van der Waals surface area contributed by atoms with Crippen LogP contribution in [0.15, 0.2) is 231 Å². The van der Waals surface area contributed by atoms with Crippen molar-refractivity contribution in [3.05, 3.63) is 242 Å². The molecule has 2 aromatic heterocycles. The van der Waals surface area contributed by atoms with E-state index in [1.54, 1.807) is 0 Å². The van der Waals surface area contributed by atoms with Crippen molar-refractivity contribution >= 4 is 60.7 Å². The largest absolute Gasteiger partial charge is 0.353 e. The molecule has 0 saturated carbocycles. The molecule has 0 spiro atoms. The Morgan fingerprint density at radius 2 is 0.864 bits per heavy atom.